The predicted molar refractivity (Wildman–Crippen MR) is 60.5 cm³/mol. The fourth-order valence-electron chi connectivity index (χ4n) is 1.55. The first kappa shape index (κ1) is 12.8. The van der Waals surface area contributed by atoms with Crippen molar-refractivity contribution < 1.29 is 17.6 Å². The van der Waals surface area contributed by atoms with Crippen LogP contribution in [0.15, 0.2) is 16.8 Å². The Hall–Kier alpha value is -1.63. The number of halogens is 4. The molecule has 2 nitrogen and oxygen atoms in total. The van der Waals surface area contributed by atoms with Crippen molar-refractivity contribution in [3.8, 4) is 0 Å². The zero-order valence-corrected chi connectivity index (χ0v) is 10.1. The summed E-state index contributed by atoms with van der Waals surface area (Å²) < 4.78 is 52.8. The van der Waals surface area contributed by atoms with Crippen LogP contribution in [0.2, 0.25) is 0 Å². The summed E-state index contributed by atoms with van der Waals surface area (Å²) in [6, 6.07) is 1.75. The Morgan fingerprint density at radius 1 is 1.17 bits per heavy atom. The maximum absolute atomic E-state index is 13.4. The van der Waals surface area contributed by atoms with E-state index in [2.05, 4.69) is 4.98 Å². The van der Waals surface area contributed by atoms with Crippen molar-refractivity contribution in [1.29, 1.82) is 0 Å². The van der Waals surface area contributed by atoms with E-state index in [1.165, 1.54) is 18.4 Å². The molecule has 0 aliphatic heterocycles. The summed E-state index contributed by atoms with van der Waals surface area (Å²) in [4.78, 5) is 3.60. The third-order valence-corrected chi connectivity index (χ3v) is 3.09. The maximum atomic E-state index is 13.4. The Kier molecular flexibility index (Phi) is 3.51. The van der Waals surface area contributed by atoms with Crippen LogP contribution < -0.4 is 4.90 Å². The van der Waals surface area contributed by atoms with E-state index < -0.39 is 29.2 Å². The quantitative estimate of drug-likeness (QED) is 0.631. The standard InChI is InChI=1S/C11H8F4N2S/c1-17(4-6-2-3-18-5-6)9-7(12)10(14)16-11(15)8(9)13/h2-3,5H,4H2,1H3. The molecule has 2 rings (SSSR count). The first-order chi connectivity index (χ1) is 8.50. The number of thiophene rings is 1. The largest absolute Gasteiger partial charge is 0.365 e. The highest BCUT2D eigenvalue weighted by Crippen LogP contribution is 2.26. The van der Waals surface area contributed by atoms with Gasteiger partial charge in [0.1, 0.15) is 5.69 Å². The fourth-order valence-corrected chi connectivity index (χ4v) is 2.21. The maximum Gasteiger partial charge on any atom is 0.253 e. The molecule has 0 unspecified atom stereocenters. The molecule has 0 N–H and O–H groups in total. The highest BCUT2D eigenvalue weighted by molar-refractivity contribution is 7.07. The lowest BCUT2D eigenvalue weighted by atomic mass is 10.2. The van der Waals surface area contributed by atoms with Crippen molar-refractivity contribution in [3.63, 3.8) is 0 Å². The molecule has 0 bridgehead atoms. The average molecular weight is 276 g/mol. The molecule has 0 atom stereocenters. The van der Waals surface area contributed by atoms with E-state index in [-0.39, 0.29) is 6.54 Å². The topological polar surface area (TPSA) is 16.1 Å². The van der Waals surface area contributed by atoms with Gasteiger partial charge in [0.2, 0.25) is 11.6 Å². The summed E-state index contributed by atoms with van der Waals surface area (Å²) in [5, 5.41) is 3.57. The molecular weight excluding hydrogens is 268 g/mol. The van der Waals surface area contributed by atoms with Gasteiger partial charge in [-0.05, 0) is 22.4 Å². The molecule has 18 heavy (non-hydrogen) atoms. The molecule has 2 heterocycles. The monoisotopic (exact) mass is 276 g/mol. The number of nitrogens with zero attached hydrogens (tertiary/aromatic N) is 2. The third-order valence-electron chi connectivity index (χ3n) is 2.36. The molecular formula is C11H8F4N2S. The molecule has 0 aliphatic rings. The number of aromatic nitrogens is 1. The minimum Gasteiger partial charge on any atom is -0.365 e. The Balaban J connectivity index is 2.38. The molecule has 0 amide bonds. The van der Waals surface area contributed by atoms with Crippen LogP contribution in [0.3, 0.4) is 0 Å². The van der Waals surface area contributed by atoms with Crippen molar-refractivity contribution in [3.05, 3.63) is 45.9 Å². The number of pyridine rings is 1. The van der Waals surface area contributed by atoms with E-state index in [1.54, 1.807) is 16.8 Å². The van der Waals surface area contributed by atoms with E-state index in [0.29, 0.717) is 0 Å². The minimum atomic E-state index is -1.65. The number of hydrogen-bond donors (Lipinski definition) is 0. The smallest absolute Gasteiger partial charge is 0.253 e. The van der Waals surface area contributed by atoms with Gasteiger partial charge in [-0.15, -0.1) is 0 Å². The van der Waals surface area contributed by atoms with Gasteiger partial charge in [-0.1, -0.05) is 0 Å². The molecule has 0 aliphatic carbocycles. The Bertz CT molecular complexity index is 530. The first-order valence-corrected chi connectivity index (χ1v) is 5.87. The molecule has 0 saturated heterocycles. The lowest BCUT2D eigenvalue weighted by molar-refractivity contribution is 0.407. The van der Waals surface area contributed by atoms with Crippen LogP contribution in [0.4, 0.5) is 23.2 Å². The van der Waals surface area contributed by atoms with Gasteiger partial charge >= 0.3 is 0 Å². The zero-order valence-electron chi connectivity index (χ0n) is 9.25. The van der Waals surface area contributed by atoms with Crippen molar-refractivity contribution in [1.82, 2.24) is 4.98 Å². The van der Waals surface area contributed by atoms with E-state index in [1.807, 2.05) is 0 Å². The Morgan fingerprint density at radius 2 is 1.78 bits per heavy atom. The van der Waals surface area contributed by atoms with Crippen LogP contribution in [-0.2, 0) is 6.54 Å². The summed E-state index contributed by atoms with van der Waals surface area (Å²) in [5.41, 5.74) is 0.0325. The molecule has 0 saturated carbocycles. The van der Waals surface area contributed by atoms with E-state index >= 15 is 0 Å². The van der Waals surface area contributed by atoms with E-state index in [4.69, 9.17) is 0 Å². The lowest BCUT2D eigenvalue weighted by Gasteiger charge is -2.19. The summed E-state index contributed by atoms with van der Waals surface area (Å²) >= 11 is 1.42. The second-order valence-corrected chi connectivity index (χ2v) is 4.44. The van der Waals surface area contributed by atoms with Crippen LogP contribution in [0, 0.1) is 23.5 Å². The van der Waals surface area contributed by atoms with Gasteiger partial charge in [0.05, 0.1) is 0 Å². The summed E-state index contributed by atoms with van der Waals surface area (Å²) in [6.45, 7) is 0.139. The normalized spacial score (nSPS) is 10.7. The number of hydrogen-bond acceptors (Lipinski definition) is 3. The van der Waals surface area contributed by atoms with Gasteiger partial charge in [-0.2, -0.15) is 33.9 Å². The van der Waals surface area contributed by atoms with Gasteiger partial charge in [-0.3, -0.25) is 0 Å². The molecule has 0 radical (unpaired) electrons. The highest BCUT2D eigenvalue weighted by Gasteiger charge is 2.23. The third kappa shape index (κ3) is 2.31. The van der Waals surface area contributed by atoms with E-state index in [9.17, 15) is 17.6 Å². The average Bonchev–Trinajstić information content (AvgIpc) is 2.79. The highest BCUT2D eigenvalue weighted by atomic mass is 32.1. The number of anilines is 1. The van der Waals surface area contributed by atoms with Gasteiger partial charge in [0, 0.05) is 13.6 Å². The van der Waals surface area contributed by atoms with Gasteiger partial charge < -0.3 is 4.90 Å². The first-order valence-electron chi connectivity index (χ1n) is 4.93. The van der Waals surface area contributed by atoms with Crippen LogP contribution in [0.1, 0.15) is 5.56 Å². The SMILES string of the molecule is CN(Cc1ccsc1)c1c(F)c(F)nc(F)c1F. The summed E-state index contributed by atoms with van der Waals surface area (Å²) in [6.07, 6.45) is 0. The predicted octanol–water partition coefficient (Wildman–Crippen LogP) is 3.34. The van der Waals surface area contributed by atoms with E-state index in [0.717, 1.165) is 10.5 Å². The van der Waals surface area contributed by atoms with Gasteiger partial charge in [0.15, 0.2) is 0 Å². The molecule has 0 aromatic carbocycles. The van der Waals surface area contributed by atoms with Crippen molar-refractivity contribution in [2.75, 3.05) is 11.9 Å². The molecule has 0 fully saturated rings. The second kappa shape index (κ2) is 4.93. The van der Waals surface area contributed by atoms with Gasteiger partial charge in [0.25, 0.3) is 11.9 Å². The fraction of sp³-hybridized carbons (Fsp3) is 0.182. The number of rotatable bonds is 3. The van der Waals surface area contributed by atoms with Crippen LogP contribution in [-0.4, -0.2) is 12.0 Å². The molecule has 7 heteroatoms. The minimum absolute atomic E-state index is 0.139. The second-order valence-electron chi connectivity index (χ2n) is 3.66. The van der Waals surface area contributed by atoms with Gasteiger partial charge in [-0.25, -0.2) is 0 Å². The molecule has 0 spiro atoms. The summed E-state index contributed by atoms with van der Waals surface area (Å²) in [5.74, 6) is -6.29. The lowest BCUT2D eigenvalue weighted by Crippen LogP contribution is -2.21. The van der Waals surface area contributed by atoms with Crippen molar-refractivity contribution in [2.24, 2.45) is 0 Å². The Labute approximate surface area is 105 Å². The van der Waals surface area contributed by atoms with Crippen LogP contribution in [0.25, 0.3) is 0 Å². The van der Waals surface area contributed by atoms with Crippen LogP contribution in [0.5, 0.6) is 0 Å². The Morgan fingerprint density at radius 3 is 2.28 bits per heavy atom. The van der Waals surface area contributed by atoms with Crippen molar-refractivity contribution >= 4 is 17.0 Å². The van der Waals surface area contributed by atoms with Crippen LogP contribution >= 0.6 is 11.3 Å². The van der Waals surface area contributed by atoms with Crippen molar-refractivity contribution in [2.45, 2.75) is 6.54 Å². The molecule has 96 valence electrons. The zero-order chi connectivity index (χ0) is 13.3. The molecule has 2 aromatic rings. The molecule has 2 aromatic heterocycles. The summed E-state index contributed by atoms with van der Waals surface area (Å²) in [7, 11) is 1.35.